The van der Waals surface area contributed by atoms with Crippen LogP contribution in [0.25, 0.3) is 0 Å². The van der Waals surface area contributed by atoms with E-state index < -0.39 is 0 Å². The second-order valence-electron chi connectivity index (χ2n) is 3.66. The summed E-state index contributed by atoms with van der Waals surface area (Å²) in [5, 5.41) is 3.97. The summed E-state index contributed by atoms with van der Waals surface area (Å²) in [6.07, 6.45) is 0.817. The van der Waals surface area contributed by atoms with Gasteiger partial charge in [-0.1, -0.05) is 32.6 Å². The minimum atomic E-state index is -0.0128. The van der Waals surface area contributed by atoms with Crippen molar-refractivity contribution in [1.29, 1.82) is 0 Å². The summed E-state index contributed by atoms with van der Waals surface area (Å²) in [7, 11) is 0. The molecule has 1 aromatic carbocycles. The Hall–Kier alpha value is -0.780. The van der Waals surface area contributed by atoms with Gasteiger partial charge < -0.3 is 5.73 Å². The SMILES string of the molecule is Cc1nnsc1C(N)Cc1ccc(Br)cc1. The highest BCUT2D eigenvalue weighted by Gasteiger charge is 2.13. The molecule has 0 radical (unpaired) electrons. The van der Waals surface area contributed by atoms with Crippen LogP contribution in [0.5, 0.6) is 0 Å². The third kappa shape index (κ3) is 2.66. The number of aromatic nitrogens is 2. The Morgan fingerprint density at radius 1 is 1.38 bits per heavy atom. The van der Waals surface area contributed by atoms with Gasteiger partial charge in [0.05, 0.1) is 10.6 Å². The molecule has 0 amide bonds. The topological polar surface area (TPSA) is 51.8 Å². The van der Waals surface area contributed by atoms with Crippen LogP contribution < -0.4 is 5.73 Å². The van der Waals surface area contributed by atoms with Gasteiger partial charge in [-0.05, 0) is 42.6 Å². The molecule has 84 valence electrons. The summed E-state index contributed by atoms with van der Waals surface area (Å²) in [4.78, 5) is 1.07. The summed E-state index contributed by atoms with van der Waals surface area (Å²) in [6.45, 7) is 1.94. The Morgan fingerprint density at radius 3 is 2.62 bits per heavy atom. The molecule has 16 heavy (non-hydrogen) atoms. The number of hydrogen-bond acceptors (Lipinski definition) is 4. The van der Waals surface area contributed by atoms with Crippen molar-refractivity contribution in [2.75, 3.05) is 0 Å². The first kappa shape index (κ1) is 11.7. The van der Waals surface area contributed by atoms with Gasteiger partial charge in [-0.15, -0.1) is 5.10 Å². The van der Waals surface area contributed by atoms with Crippen molar-refractivity contribution < 1.29 is 0 Å². The van der Waals surface area contributed by atoms with Gasteiger partial charge in [-0.2, -0.15) is 0 Å². The smallest absolute Gasteiger partial charge is 0.0772 e. The van der Waals surface area contributed by atoms with Crippen molar-refractivity contribution in [3.63, 3.8) is 0 Å². The van der Waals surface area contributed by atoms with Gasteiger partial charge in [-0.25, -0.2) is 0 Å². The van der Waals surface area contributed by atoms with Crippen LogP contribution in [-0.2, 0) is 6.42 Å². The molecule has 0 aliphatic heterocycles. The van der Waals surface area contributed by atoms with Crippen LogP contribution in [0, 0.1) is 6.92 Å². The first-order chi connectivity index (χ1) is 7.66. The Morgan fingerprint density at radius 2 is 2.06 bits per heavy atom. The number of hydrogen-bond donors (Lipinski definition) is 1. The van der Waals surface area contributed by atoms with Crippen LogP contribution in [-0.4, -0.2) is 9.59 Å². The number of benzene rings is 1. The zero-order valence-electron chi connectivity index (χ0n) is 8.85. The summed E-state index contributed by atoms with van der Waals surface area (Å²) >= 11 is 4.80. The second-order valence-corrected chi connectivity index (χ2v) is 5.36. The summed E-state index contributed by atoms with van der Waals surface area (Å²) in [5.41, 5.74) is 8.29. The molecule has 0 bridgehead atoms. The summed E-state index contributed by atoms with van der Waals surface area (Å²) in [6, 6.07) is 8.20. The molecule has 0 spiro atoms. The van der Waals surface area contributed by atoms with Crippen LogP contribution in [0.1, 0.15) is 22.2 Å². The Kier molecular flexibility index (Phi) is 3.68. The minimum Gasteiger partial charge on any atom is -0.323 e. The number of nitrogens with zero attached hydrogens (tertiary/aromatic N) is 2. The van der Waals surface area contributed by atoms with Crippen LogP contribution in [0.4, 0.5) is 0 Å². The largest absolute Gasteiger partial charge is 0.323 e. The second kappa shape index (κ2) is 5.03. The maximum absolute atomic E-state index is 6.13. The Labute approximate surface area is 107 Å². The zero-order valence-corrected chi connectivity index (χ0v) is 11.3. The lowest BCUT2D eigenvalue weighted by molar-refractivity contribution is 0.728. The van der Waals surface area contributed by atoms with Crippen LogP contribution in [0.15, 0.2) is 28.7 Å². The van der Waals surface area contributed by atoms with E-state index in [-0.39, 0.29) is 6.04 Å². The fraction of sp³-hybridized carbons (Fsp3) is 0.273. The average Bonchev–Trinajstić information content (AvgIpc) is 2.68. The van der Waals surface area contributed by atoms with Crippen LogP contribution in [0.3, 0.4) is 0 Å². The lowest BCUT2D eigenvalue weighted by atomic mass is 10.0. The predicted octanol–water partition coefficient (Wildman–Crippen LogP) is 2.85. The maximum Gasteiger partial charge on any atom is 0.0772 e. The molecule has 0 aliphatic rings. The van der Waals surface area contributed by atoms with Gasteiger partial charge in [0.15, 0.2) is 0 Å². The van der Waals surface area contributed by atoms with E-state index in [1.807, 2.05) is 19.1 Å². The molecule has 1 heterocycles. The van der Waals surface area contributed by atoms with Gasteiger partial charge >= 0.3 is 0 Å². The first-order valence-electron chi connectivity index (χ1n) is 4.95. The van der Waals surface area contributed by atoms with Gasteiger partial charge in [0, 0.05) is 10.5 Å². The van der Waals surface area contributed by atoms with Gasteiger partial charge in [-0.3, -0.25) is 0 Å². The van der Waals surface area contributed by atoms with E-state index in [9.17, 15) is 0 Å². The quantitative estimate of drug-likeness (QED) is 0.948. The molecule has 1 unspecified atom stereocenters. The molecule has 2 rings (SSSR count). The zero-order chi connectivity index (χ0) is 11.5. The lowest BCUT2D eigenvalue weighted by Gasteiger charge is -2.09. The van der Waals surface area contributed by atoms with Crippen LogP contribution in [0.2, 0.25) is 0 Å². The molecule has 3 nitrogen and oxygen atoms in total. The molecule has 1 atom stereocenters. The van der Waals surface area contributed by atoms with Crippen LogP contribution >= 0.6 is 27.5 Å². The molecule has 2 aromatic rings. The minimum absolute atomic E-state index is 0.0128. The molecule has 2 N–H and O–H groups in total. The van der Waals surface area contributed by atoms with Crippen molar-refractivity contribution in [2.45, 2.75) is 19.4 Å². The molecule has 5 heteroatoms. The molecular formula is C11H12BrN3S. The number of nitrogens with two attached hydrogens (primary N) is 1. The third-order valence-corrected chi connectivity index (χ3v) is 3.88. The predicted molar refractivity (Wildman–Crippen MR) is 69.4 cm³/mol. The number of halogens is 1. The van der Waals surface area contributed by atoms with E-state index in [0.29, 0.717) is 0 Å². The van der Waals surface area contributed by atoms with Gasteiger partial charge in [0.1, 0.15) is 0 Å². The van der Waals surface area contributed by atoms with Crippen molar-refractivity contribution in [2.24, 2.45) is 5.73 Å². The molecule has 0 aliphatic carbocycles. The Balaban J connectivity index is 2.10. The fourth-order valence-electron chi connectivity index (χ4n) is 1.54. The maximum atomic E-state index is 6.13. The normalized spacial score (nSPS) is 12.7. The van der Waals surface area contributed by atoms with E-state index in [1.54, 1.807) is 0 Å². The summed E-state index contributed by atoms with van der Waals surface area (Å²) < 4.78 is 4.99. The molecule has 1 aromatic heterocycles. The molecule has 0 fully saturated rings. The highest BCUT2D eigenvalue weighted by molar-refractivity contribution is 9.10. The van der Waals surface area contributed by atoms with Crippen molar-refractivity contribution in [3.8, 4) is 0 Å². The van der Waals surface area contributed by atoms with E-state index in [4.69, 9.17) is 5.73 Å². The third-order valence-electron chi connectivity index (χ3n) is 2.39. The highest BCUT2D eigenvalue weighted by atomic mass is 79.9. The van der Waals surface area contributed by atoms with E-state index >= 15 is 0 Å². The average molecular weight is 298 g/mol. The fourth-order valence-corrected chi connectivity index (χ4v) is 2.45. The lowest BCUT2D eigenvalue weighted by Crippen LogP contribution is -2.13. The van der Waals surface area contributed by atoms with E-state index in [1.165, 1.54) is 17.1 Å². The molecule has 0 saturated carbocycles. The van der Waals surface area contributed by atoms with Crippen molar-refractivity contribution in [3.05, 3.63) is 44.9 Å². The number of rotatable bonds is 3. The first-order valence-corrected chi connectivity index (χ1v) is 6.52. The highest BCUT2D eigenvalue weighted by Crippen LogP contribution is 2.22. The van der Waals surface area contributed by atoms with Gasteiger partial charge in [0.25, 0.3) is 0 Å². The molecule has 0 saturated heterocycles. The van der Waals surface area contributed by atoms with E-state index in [0.717, 1.165) is 21.5 Å². The van der Waals surface area contributed by atoms with Gasteiger partial charge in [0.2, 0.25) is 0 Å². The van der Waals surface area contributed by atoms with Crippen molar-refractivity contribution >= 4 is 27.5 Å². The molecular weight excluding hydrogens is 286 g/mol. The number of aryl methyl sites for hydroxylation is 1. The van der Waals surface area contributed by atoms with E-state index in [2.05, 4.69) is 37.6 Å². The Bertz CT molecular complexity index is 466. The van der Waals surface area contributed by atoms with Crippen molar-refractivity contribution in [1.82, 2.24) is 9.59 Å². The monoisotopic (exact) mass is 297 g/mol. The standard InChI is InChI=1S/C11H12BrN3S/c1-7-11(16-15-14-7)10(13)6-8-2-4-9(12)5-3-8/h2-5,10H,6,13H2,1H3. The summed E-state index contributed by atoms with van der Waals surface area (Å²) in [5.74, 6) is 0.